The zero-order chi connectivity index (χ0) is 14.6. The first-order valence-electron chi connectivity index (χ1n) is 5.52. The number of aromatic nitrogens is 2. The third-order valence-corrected chi connectivity index (χ3v) is 2.42. The smallest absolute Gasteiger partial charge is 0.327 e. The van der Waals surface area contributed by atoms with Crippen LogP contribution < -0.4 is 0 Å². The van der Waals surface area contributed by atoms with Gasteiger partial charge in [-0.2, -0.15) is 0 Å². The molecule has 0 aliphatic carbocycles. The summed E-state index contributed by atoms with van der Waals surface area (Å²) in [5.74, 6) is -2.67. The highest BCUT2D eigenvalue weighted by atomic mass is 79.9. The number of carbonyl (C=O) groups excluding carboxylic acids is 2. The highest BCUT2D eigenvalue weighted by molar-refractivity contribution is 9.10. The molecule has 19 heavy (non-hydrogen) atoms. The molecule has 0 spiro atoms. The Hall–Kier alpha value is -1.50. The molecule has 0 saturated carbocycles. The van der Waals surface area contributed by atoms with Crippen LogP contribution in [-0.2, 0) is 19.1 Å². The number of rotatable bonds is 3. The van der Waals surface area contributed by atoms with Gasteiger partial charge in [0, 0.05) is 0 Å². The van der Waals surface area contributed by atoms with Gasteiger partial charge in [0.1, 0.15) is 10.2 Å². The van der Waals surface area contributed by atoms with E-state index in [-0.39, 0.29) is 5.69 Å². The number of ether oxygens (including phenoxy) is 2. The third-order valence-electron chi connectivity index (χ3n) is 2.02. The highest BCUT2D eigenvalue weighted by Gasteiger charge is 2.35. The van der Waals surface area contributed by atoms with E-state index < -0.39 is 23.5 Å². The summed E-state index contributed by atoms with van der Waals surface area (Å²) in [5, 5.41) is 0. The van der Waals surface area contributed by atoms with Crippen molar-refractivity contribution in [1.29, 1.82) is 0 Å². The van der Waals surface area contributed by atoms with Gasteiger partial charge < -0.3 is 9.47 Å². The molecule has 1 aromatic heterocycles. The summed E-state index contributed by atoms with van der Waals surface area (Å²) in [6, 6.07) is 0. The molecular formula is C12H15BrN2O4. The topological polar surface area (TPSA) is 78.4 Å². The van der Waals surface area contributed by atoms with Crippen LogP contribution in [0.25, 0.3) is 0 Å². The number of nitrogens with zero attached hydrogens (tertiary/aromatic N) is 2. The number of carbonyl (C=O) groups is 2. The zero-order valence-electron chi connectivity index (χ0n) is 11.1. The third kappa shape index (κ3) is 4.59. The Balaban J connectivity index is 3.05. The first-order valence-corrected chi connectivity index (χ1v) is 6.32. The second-order valence-electron chi connectivity index (χ2n) is 4.75. The van der Waals surface area contributed by atoms with Crippen molar-refractivity contribution in [3.63, 3.8) is 0 Å². The molecule has 1 atom stereocenters. The van der Waals surface area contributed by atoms with E-state index in [0.717, 1.165) is 0 Å². The lowest BCUT2D eigenvalue weighted by Crippen LogP contribution is -2.32. The van der Waals surface area contributed by atoms with Crippen molar-refractivity contribution >= 4 is 27.9 Å². The van der Waals surface area contributed by atoms with Gasteiger partial charge in [0.2, 0.25) is 0 Å². The number of hydrogen-bond donors (Lipinski definition) is 0. The molecule has 0 fully saturated rings. The van der Waals surface area contributed by atoms with Crippen LogP contribution in [0.15, 0.2) is 17.0 Å². The van der Waals surface area contributed by atoms with Gasteiger partial charge in [0.15, 0.2) is 5.92 Å². The monoisotopic (exact) mass is 330 g/mol. The lowest BCUT2D eigenvalue weighted by molar-refractivity contribution is -0.163. The van der Waals surface area contributed by atoms with Crippen molar-refractivity contribution in [3.05, 3.63) is 22.7 Å². The molecule has 0 saturated heterocycles. The SMILES string of the molecule is COC(=O)C(C(=O)OC(C)(C)C)c1cnc(Br)cn1. The summed E-state index contributed by atoms with van der Waals surface area (Å²) < 4.78 is 10.3. The average Bonchev–Trinajstić information content (AvgIpc) is 2.29. The summed E-state index contributed by atoms with van der Waals surface area (Å²) in [5.41, 5.74) is -0.518. The Bertz CT molecular complexity index is 468. The van der Waals surface area contributed by atoms with Gasteiger partial charge in [-0.15, -0.1) is 0 Å². The van der Waals surface area contributed by atoms with E-state index in [1.54, 1.807) is 20.8 Å². The van der Waals surface area contributed by atoms with Gasteiger partial charge >= 0.3 is 11.9 Å². The van der Waals surface area contributed by atoms with Crippen LogP contribution in [0.5, 0.6) is 0 Å². The van der Waals surface area contributed by atoms with Crippen LogP contribution in [0, 0.1) is 0 Å². The standard InChI is InChI=1S/C12H15BrN2O4/c1-12(2,3)19-11(17)9(10(16)18-4)7-5-15-8(13)6-14-7/h5-6,9H,1-4H3. The molecule has 104 valence electrons. The molecule has 1 rings (SSSR count). The zero-order valence-corrected chi connectivity index (χ0v) is 12.7. The quantitative estimate of drug-likeness (QED) is 0.621. The number of methoxy groups -OCH3 is 1. The van der Waals surface area contributed by atoms with E-state index in [0.29, 0.717) is 4.60 Å². The fourth-order valence-corrected chi connectivity index (χ4v) is 1.49. The minimum atomic E-state index is -1.23. The molecule has 0 bridgehead atoms. The Morgan fingerprint density at radius 2 is 1.84 bits per heavy atom. The van der Waals surface area contributed by atoms with E-state index in [9.17, 15) is 9.59 Å². The Kier molecular flexibility index (Phi) is 4.99. The predicted octanol–water partition coefficient (Wildman–Crippen LogP) is 1.84. The molecule has 0 aromatic carbocycles. The van der Waals surface area contributed by atoms with Crippen LogP contribution >= 0.6 is 15.9 Å². The molecule has 0 amide bonds. The van der Waals surface area contributed by atoms with Gasteiger partial charge in [-0.05, 0) is 36.7 Å². The second-order valence-corrected chi connectivity index (χ2v) is 5.57. The van der Waals surface area contributed by atoms with Crippen LogP contribution in [-0.4, -0.2) is 34.6 Å². The predicted molar refractivity (Wildman–Crippen MR) is 70.3 cm³/mol. The fourth-order valence-electron chi connectivity index (χ4n) is 1.29. The summed E-state index contributed by atoms with van der Waals surface area (Å²) in [6.45, 7) is 5.14. The van der Waals surface area contributed by atoms with Gasteiger partial charge in [-0.25, -0.2) is 4.98 Å². The van der Waals surface area contributed by atoms with Crippen LogP contribution in [0.1, 0.15) is 32.4 Å². The molecule has 0 N–H and O–H groups in total. The van der Waals surface area contributed by atoms with Crippen LogP contribution in [0.4, 0.5) is 0 Å². The van der Waals surface area contributed by atoms with Gasteiger partial charge in [-0.1, -0.05) is 0 Å². The minimum Gasteiger partial charge on any atom is -0.468 e. The van der Waals surface area contributed by atoms with E-state index >= 15 is 0 Å². The average molecular weight is 331 g/mol. The summed E-state index contributed by atoms with van der Waals surface area (Å²) in [7, 11) is 1.20. The van der Waals surface area contributed by atoms with Gasteiger partial charge in [0.25, 0.3) is 0 Å². The van der Waals surface area contributed by atoms with E-state index in [2.05, 4.69) is 30.6 Å². The Morgan fingerprint density at radius 1 is 1.21 bits per heavy atom. The summed E-state index contributed by atoms with van der Waals surface area (Å²) in [6.07, 6.45) is 2.73. The Labute approximate surface area is 119 Å². The highest BCUT2D eigenvalue weighted by Crippen LogP contribution is 2.20. The number of halogens is 1. The molecule has 1 unspecified atom stereocenters. The molecule has 0 aliphatic heterocycles. The van der Waals surface area contributed by atoms with E-state index in [1.807, 2.05) is 0 Å². The maximum Gasteiger partial charge on any atom is 0.327 e. The largest absolute Gasteiger partial charge is 0.468 e. The first-order chi connectivity index (χ1) is 8.74. The molecular weight excluding hydrogens is 316 g/mol. The van der Waals surface area contributed by atoms with Crippen molar-refractivity contribution in [2.75, 3.05) is 7.11 Å². The summed E-state index contributed by atoms with van der Waals surface area (Å²) >= 11 is 3.13. The van der Waals surface area contributed by atoms with Crippen LogP contribution in [0.3, 0.4) is 0 Å². The van der Waals surface area contributed by atoms with E-state index in [1.165, 1.54) is 19.5 Å². The molecule has 0 radical (unpaired) electrons. The minimum absolute atomic E-state index is 0.185. The summed E-state index contributed by atoms with van der Waals surface area (Å²) in [4.78, 5) is 31.7. The molecule has 0 aliphatic rings. The molecule has 7 heteroatoms. The first kappa shape index (κ1) is 15.6. The lowest BCUT2D eigenvalue weighted by atomic mass is 10.1. The molecule has 1 heterocycles. The van der Waals surface area contributed by atoms with Crippen molar-refractivity contribution in [2.45, 2.75) is 32.3 Å². The van der Waals surface area contributed by atoms with Crippen molar-refractivity contribution in [1.82, 2.24) is 9.97 Å². The fraction of sp³-hybridized carbons (Fsp3) is 0.500. The van der Waals surface area contributed by atoms with Gasteiger partial charge in [-0.3, -0.25) is 14.6 Å². The lowest BCUT2D eigenvalue weighted by Gasteiger charge is -2.22. The number of hydrogen-bond acceptors (Lipinski definition) is 6. The van der Waals surface area contributed by atoms with Crippen molar-refractivity contribution < 1.29 is 19.1 Å². The van der Waals surface area contributed by atoms with Crippen LogP contribution in [0.2, 0.25) is 0 Å². The normalized spacial score (nSPS) is 12.7. The van der Waals surface area contributed by atoms with E-state index in [4.69, 9.17) is 4.74 Å². The molecule has 1 aromatic rings. The number of esters is 2. The maximum atomic E-state index is 12.0. The van der Waals surface area contributed by atoms with Crippen molar-refractivity contribution in [2.24, 2.45) is 0 Å². The second kappa shape index (κ2) is 6.10. The Morgan fingerprint density at radius 3 is 2.26 bits per heavy atom. The van der Waals surface area contributed by atoms with Gasteiger partial charge in [0.05, 0.1) is 25.2 Å². The molecule has 6 nitrogen and oxygen atoms in total. The maximum absolute atomic E-state index is 12.0. The van der Waals surface area contributed by atoms with Crippen molar-refractivity contribution in [3.8, 4) is 0 Å².